The highest BCUT2D eigenvalue weighted by molar-refractivity contribution is 8.00. The van der Waals surface area contributed by atoms with Crippen molar-refractivity contribution in [2.45, 2.75) is 55.8 Å². The summed E-state index contributed by atoms with van der Waals surface area (Å²) in [6.07, 6.45) is 1.91. The van der Waals surface area contributed by atoms with E-state index in [1.807, 2.05) is 23.1 Å². The Hall–Kier alpha value is -1.57. The number of carbonyl (C=O) groups excluding carboxylic acids is 1. The summed E-state index contributed by atoms with van der Waals surface area (Å²) in [5, 5.41) is 12.6. The number of hydrogen-bond donors (Lipinski definition) is 1. The van der Waals surface area contributed by atoms with Gasteiger partial charge in [0.25, 0.3) is 5.91 Å². The van der Waals surface area contributed by atoms with Gasteiger partial charge in [0.2, 0.25) is 0 Å². The van der Waals surface area contributed by atoms with E-state index in [-0.39, 0.29) is 18.3 Å². The third-order valence-corrected chi connectivity index (χ3v) is 6.36. The van der Waals surface area contributed by atoms with Crippen LogP contribution < -0.4 is 5.32 Å². The van der Waals surface area contributed by atoms with Crippen molar-refractivity contribution < 1.29 is 4.79 Å². The second kappa shape index (κ2) is 9.29. The fourth-order valence-corrected chi connectivity index (χ4v) is 4.88. The van der Waals surface area contributed by atoms with Gasteiger partial charge in [0.05, 0.1) is 12.1 Å². The Morgan fingerprint density at radius 3 is 2.68 bits per heavy atom. The van der Waals surface area contributed by atoms with Crippen molar-refractivity contribution in [2.24, 2.45) is 0 Å². The SMILES string of the molecule is CC(C)Sc1ccccc1C(=O)N1CCC(c2nnc3n2CCNC3)CC1.Cl. The molecule has 2 aromatic rings. The molecular weight excluding hydrogens is 394 g/mol. The lowest BCUT2D eigenvalue weighted by atomic mass is 9.95. The molecule has 2 aliphatic heterocycles. The largest absolute Gasteiger partial charge is 0.339 e. The van der Waals surface area contributed by atoms with E-state index >= 15 is 0 Å². The monoisotopic (exact) mass is 421 g/mol. The van der Waals surface area contributed by atoms with Crippen LogP contribution in [0.3, 0.4) is 0 Å². The number of aromatic nitrogens is 3. The summed E-state index contributed by atoms with van der Waals surface area (Å²) in [5.41, 5.74) is 0.834. The number of nitrogens with zero attached hydrogens (tertiary/aromatic N) is 4. The average molecular weight is 422 g/mol. The first-order valence-corrected chi connectivity index (χ1v) is 10.7. The van der Waals surface area contributed by atoms with Gasteiger partial charge in [0.1, 0.15) is 11.6 Å². The van der Waals surface area contributed by atoms with Gasteiger partial charge in [-0.1, -0.05) is 26.0 Å². The predicted octanol–water partition coefficient (Wildman–Crippen LogP) is 3.32. The topological polar surface area (TPSA) is 63.1 Å². The van der Waals surface area contributed by atoms with E-state index in [0.717, 1.165) is 67.7 Å². The third-order valence-electron chi connectivity index (χ3n) is 5.28. The maximum absolute atomic E-state index is 13.1. The molecule has 28 heavy (non-hydrogen) atoms. The van der Waals surface area contributed by atoms with Gasteiger partial charge in [-0.25, -0.2) is 0 Å². The molecule has 1 aromatic heterocycles. The number of carbonyl (C=O) groups is 1. The Morgan fingerprint density at radius 2 is 1.93 bits per heavy atom. The first-order valence-electron chi connectivity index (χ1n) is 9.81. The molecule has 4 rings (SSSR count). The van der Waals surface area contributed by atoms with Crippen LogP contribution in [0.4, 0.5) is 0 Å². The smallest absolute Gasteiger partial charge is 0.254 e. The number of hydrogen-bond acceptors (Lipinski definition) is 5. The number of fused-ring (bicyclic) bond motifs is 1. The quantitative estimate of drug-likeness (QED) is 0.767. The Balaban J connectivity index is 0.00000225. The minimum absolute atomic E-state index is 0. The van der Waals surface area contributed by atoms with Crippen LogP contribution >= 0.6 is 24.2 Å². The van der Waals surface area contributed by atoms with Crippen LogP contribution in [0.2, 0.25) is 0 Å². The van der Waals surface area contributed by atoms with Crippen molar-refractivity contribution in [1.29, 1.82) is 0 Å². The molecule has 2 aliphatic rings. The van der Waals surface area contributed by atoms with Gasteiger partial charge >= 0.3 is 0 Å². The normalized spacial score (nSPS) is 17.3. The number of amides is 1. The van der Waals surface area contributed by atoms with Crippen molar-refractivity contribution in [2.75, 3.05) is 19.6 Å². The molecule has 0 saturated carbocycles. The van der Waals surface area contributed by atoms with E-state index in [2.05, 4.69) is 40.0 Å². The Labute approximate surface area is 176 Å². The molecule has 0 unspecified atom stereocenters. The van der Waals surface area contributed by atoms with Crippen molar-refractivity contribution in [1.82, 2.24) is 25.0 Å². The summed E-state index contributed by atoms with van der Waals surface area (Å²) in [6, 6.07) is 7.99. The highest BCUT2D eigenvalue weighted by Crippen LogP contribution is 2.31. The van der Waals surface area contributed by atoms with Gasteiger partial charge in [-0.15, -0.1) is 34.4 Å². The first kappa shape index (κ1) is 21.1. The highest BCUT2D eigenvalue weighted by Gasteiger charge is 2.29. The van der Waals surface area contributed by atoms with Crippen LogP contribution in [0.25, 0.3) is 0 Å². The number of nitrogens with one attached hydrogen (secondary N) is 1. The molecule has 152 valence electrons. The molecule has 0 radical (unpaired) electrons. The predicted molar refractivity (Wildman–Crippen MR) is 114 cm³/mol. The van der Waals surface area contributed by atoms with E-state index in [0.29, 0.717) is 11.2 Å². The fourth-order valence-electron chi connectivity index (χ4n) is 3.93. The molecule has 3 heterocycles. The number of rotatable bonds is 4. The molecule has 0 spiro atoms. The summed E-state index contributed by atoms with van der Waals surface area (Å²) < 4.78 is 2.27. The van der Waals surface area contributed by atoms with E-state index in [1.165, 1.54) is 0 Å². The van der Waals surface area contributed by atoms with Gasteiger partial charge in [-0.3, -0.25) is 4.79 Å². The standard InChI is InChI=1S/C20H27N5OS.ClH/c1-14(2)27-17-6-4-3-5-16(17)20(26)24-10-7-15(8-11-24)19-23-22-18-13-21-9-12-25(18)19;/h3-6,14-15,21H,7-13H2,1-2H3;1H. The van der Waals surface area contributed by atoms with Gasteiger partial charge in [0, 0.05) is 42.2 Å². The lowest BCUT2D eigenvalue weighted by molar-refractivity contribution is 0.0706. The zero-order chi connectivity index (χ0) is 18.8. The first-order chi connectivity index (χ1) is 13.1. The summed E-state index contributed by atoms with van der Waals surface area (Å²) in [7, 11) is 0. The number of thioether (sulfide) groups is 1. The second-order valence-electron chi connectivity index (χ2n) is 7.53. The average Bonchev–Trinajstić information content (AvgIpc) is 3.12. The number of piperidine rings is 1. The minimum Gasteiger partial charge on any atom is -0.339 e. The van der Waals surface area contributed by atoms with Gasteiger partial charge in [0.15, 0.2) is 0 Å². The zero-order valence-corrected chi connectivity index (χ0v) is 18.1. The molecule has 0 bridgehead atoms. The number of likely N-dealkylation sites (tertiary alicyclic amines) is 1. The van der Waals surface area contributed by atoms with Crippen LogP contribution in [-0.2, 0) is 13.1 Å². The maximum atomic E-state index is 13.1. The highest BCUT2D eigenvalue weighted by atomic mass is 35.5. The van der Waals surface area contributed by atoms with E-state index < -0.39 is 0 Å². The van der Waals surface area contributed by atoms with E-state index in [1.54, 1.807) is 11.8 Å². The Kier molecular flexibility index (Phi) is 7.01. The van der Waals surface area contributed by atoms with Gasteiger partial charge in [-0.05, 0) is 25.0 Å². The molecule has 0 aliphatic carbocycles. The van der Waals surface area contributed by atoms with E-state index in [4.69, 9.17) is 0 Å². The maximum Gasteiger partial charge on any atom is 0.254 e. The number of benzene rings is 1. The van der Waals surface area contributed by atoms with Crippen molar-refractivity contribution in [3.63, 3.8) is 0 Å². The van der Waals surface area contributed by atoms with Crippen LogP contribution in [-0.4, -0.2) is 50.5 Å². The zero-order valence-electron chi connectivity index (χ0n) is 16.4. The van der Waals surface area contributed by atoms with Crippen molar-refractivity contribution in [3.8, 4) is 0 Å². The van der Waals surface area contributed by atoms with Crippen LogP contribution in [0.5, 0.6) is 0 Å². The minimum atomic E-state index is 0. The third kappa shape index (κ3) is 4.36. The summed E-state index contributed by atoms with van der Waals surface area (Å²) in [6.45, 7) is 8.60. The Morgan fingerprint density at radius 1 is 1.18 bits per heavy atom. The molecule has 1 amide bonds. The van der Waals surface area contributed by atoms with Crippen molar-refractivity contribution in [3.05, 3.63) is 41.5 Å². The fraction of sp³-hybridized carbons (Fsp3) is 0.550. The van der Waals surface area contributed by atoms with Crippen LogP contribution in [0, 0.1) is 0 Å². The lowest BCUT2D eigenvalue weighted by Crippen LogP contribution is -2.39. The van der Waals surface area contributed by atoms with Gasteiger partial charge < -0.3 is 14.8 Å². The molecule has 1 saturated heterocycles. The van der Waals surface area contributed by atoms with Crippen LogP contribution in [0.1, 0.15) is 54.6 Å². The molecule has 6 nitrogen and oxygen atoms in total. The molecular formula is C20H28ClN5OS. The second-order valence-corrected chi connectivity index (χ2v) is 9.15. The van der Waals surface area contributed by atoms with Gasteiger partial charge in [-0.2, -0.15) is 0 Å². The molecule has 1 fully saturated rings. The van der Waals surface area contributed by atoms with Crippen molar-refractivity contribution >= 4 is 30.1 Å². The molecule has 1 N–H and O–H groups in total. The molecule has 0 atom stereocenters. The number of halogens is 1. The summed E-state index contributed by atoms with van der Waals surface area (Å²) >= 11 is 1.76. The summed E-state index contributed by atoms with van der Waals surface area (Å²) in [4.78, 5) is 16.2. The molecule has 8 heteroatoms. The lowest BCUT2D eigenvalue weighted by Gasteiger charge is -2.32. The van der Waals surface area contributed by atoms with Crippen LogP contribution in [0.15, 0.2) is 29.2 Å². The summed E-state index contributed by atoms with van der Waals surface area (Å²) in [5.74, 6) is 2.70. The Bertz CT molecular complexity index is 817. The molecule has 1 aromatic carbocycles. The van der Waals surface area contributed by atoms with E-state index in [9.17, 15) is 4.79 Å².